The van der Waals surface area contributed by atoms with Crippen molar-refractivity contribution in [3.63, 3.8) is 0 Å². The molecular weight excluding hydrogens is 407 g/mol. The summed E-state index contributed by atoms with van der Waals surface area (Å²) >= 11 is 0. The molecule has 0 aliphatic carbocycles. The number of anilines is 2. The van der Waals surface area contributed by atoms with Gasteiger partial charge in [0.2, 0.25) is 5.91 Å². The lowest BCUT2D eigenvalue weighted by Crippen LogP contribution is -2.38. The van der Waals surface area contributed by atoms with Gasteiger partial charge < -0.3 is 24.6 Å². The number of ether oxygens (including phenoxy) is 2. The summed E-state index contributed by atoms with van der Waals surface area (Å²) in [6, 6.07) is 4.63. The normalized spacial score (nSPS) is 23.0. The molecule has 1 aromatic carbocycles. The van der Waals surface area contributed by atoms with Gasteiger partial charge >= 0.3 is 12.2 Å². The number of carbonyl (C=O) groups excluding carboxylic acids is 3. The lowest BCUT2D eigenvalue weighted by atomic mass is 9.98. The third-order valence-electron chi connectivity index (χ3n) is 5.86. The molecule has 10 heteroatoms. The van der Waals surface area contributed by atoms with Gasteiger partial charge in [-0.05, 0) is 37.0 Å². The van der Waals surface area contributed by atoms with Crippen LogP contribution in [0.4, 0.5) is 25.4 Å². The number of amides is 3. The van der Waals surface area contributed by atoms with Gasteiger partial charge in [-0.1, -0.05) is 6.92 Å². The molecule has 1 N–H and O–H groups in total. The lowest BCUT2D eigenvalue weighted by molar-refractivity contribution is -0.134. The fraction of sp³-hybridized carbons (Fsp3) is 0.571. The van der Waals surface area contributed by atoms with Crippen molar-refractivity contribution in [2.45, 2.75) is 27.0 Å². The number of nitrogens with one attached hydrogen (secondary N) is 1. The number of alkyl carbamates (subject to hydrolysis) is 1. The van der Waals surface area contributed by atoms with E-state index in [0.717, 1.165) is 0 Å². The summed E-state index contributed by atoms with van der Waals surface area (Å²) in [7, 11) is 1.55. The maximum absolute atomic E-state index is 15.0. The van der Waals surface area contributed by atoms with Crippen molar-refractivity contribution in [3.8, 4) is 0 Å². The van der Waals surface area contributed by atoms with Crippen LogP contribution in [0, 0.1) is 17.7 Å². The van der Waals surface area contributed by atoms with E-state index in [1.54, 1.807) is 26.1 Å². The van der Waals surface area contributed by atoms with Crippen LogP contribution in [0.25, 0.3) is 0 Å². The number of hydrogen-bond acceptors (Lipinski definition) is 6. The molecule has 0 bridgehead atoms. The second-order valence-corrected chi connectivity index (χ2v) is 7.96. The maximum Gasteiger partial charge on any atom is 0.416 e. The van der Waals surface area contributed by atoms with Crippen molar-refractivity contribution in [1.82, 2.24) is 10.2 Å². The van der Waals surface area contributed by atoms with Crippen molar-refractivity contribution in [1.29, 1.82) is 0 Å². The van der Waals surface area contributed by atoms with Crippen molar-refractivity contribution >= 4 is 29.5 Å². The number of nitrogens with zero attached hydrogens (tertiary/aromatic N) is 3. The molecule has 0 radical (unpaired) electrons. The summed E-state index contributed by atoms with van der Waals surface area (Å²) in [6.45, 7) is 7.36. The van der Waals surface area contributed by atoms with Crippen LogP contribution in [-0.4, -0.2) is 69.1 Å². The summed E-state index contributed by atoms with van der Waals surface area (Å²) in [4.78, 5) is 39.8. The Labute approximate surface area is 181 Å². The minimum absolute atomic E-state index is 0.135. The second kappa shape index (κ2) is 9.40. The van der Waals surface area contributed by atoms with Crippen LogP contribution in [0.1, 0.15) is 20.8 Å². The highest BCUT2D eigenvalue weighted by atomic mass is 19.1. The minimum atomic E-state index is -0.708. The molecule has 3 atom stereocenters. The molecule has 1 aromatic rings. The van der Waals surface area contributed by atoms with Crippen LogP contribution in [0.3, 0.4) is 0 Å². The number of cyclic esters (lactones) is 1. The molecule has 3 rings (SSSR count). The van der Waals surface area contributed by atoms with Crippen molar-refractivity contribution in [2.75, 3.05) is 49.6 Å². The molecule has 2 fully saturated rings. The Morgan fingerprint density at radius 2 is 2.06 bits per heavy atom. The van der Waals surface area contributed by atoms with Crippen LogP contribution in [0.5, 0.6) is 0 Å². The Bertz CT molecular complexity index is 851. The average molecular weight is 436 g/mol. The molecule has 170 valence electrons. The van der Waals surface area contributed by atoms with Crippen LogP contribution < -0.4 is 15.1 Å². The van der Waals surface area contributed by atoms with Gasteiger partial charge in [0.25, 0.3) is 0 Å². The zero-order valence-corrected chi connectivity index (χ0v) is 18.3. The Kier molecular flexibility index (Phi) is 6.87. The smallest absolute Gasteiger partial charge is 0.416 e. The van der Waals surface area contributed by atoms with Crippen LogP contribution >= 0.6 is 0 Å². The first-order chi connectivity index (χ1) is 14.7. The monoisotopic (exact) mass is 436 g/mol. The predicted molar refractivity (Wildman–Crippen MR) is 112 cm³/mol. The zero-order chi connectivity index (χ0) is 22.7. The van der Waals surface area contributed by atoms with Gasteiger partial charge in [0.15, 0.2) is 6.23 Å². The van der Waals surface area contributed by atoms with Crippen LogP contribution in [-0.2, 0) is 14.3 Å². The Hall–Kier alpha value is -3.04. The quantitative estimate of drug-likeness (QED) is 0.737. The van der Waals surface area contributed by atoms with Crippen LogP contribution in [0.15, 0.2) is 18.2 Å². The summed E-state index contributed by atoms with van der Waals surface area (Å²) in [5.74, 6) is -0.242. The molecular formula is C21H29FN4O5. The summed E-state index contributed by atoms with van der Waals surface area (Å²) in [5.41, 5.74) is 0.817. The van der Waals surface area contributed by atoms with E-state index in [2.05, 4.69) is 12.2 Å². The number of hydrogen-bond donors (Lipinski definition) is 1. The Morgan fingerprint density at radius 3 is 2.71 bits per heavy atom. The molecule has 1 unspecified atom stereocenters. The highest BCUT2D eigenvalue weighted by Crippen LogP contribution is 2.33. The number of rotatable bonds is 6. The van der Waals surface area contributed by atoms with Gasteiger partial charge in [0.05, 0.1) is 24.5 Å². The van der Waals surface area contributed by atoms with Gasteiger partial charge in [-0.15, -0.1) is 0 Å². The van der Waals surface area contributed by atoms with E-state index in [1.165, 1.54) is 22.8 Å². The number of carbonyl (C=O) groups is 3. The highest BCUT2D eigenvalue weighted by Gasteiger charge is 2.37. The van der Waals surface area contributed by atoms with Gasteiger partial charge in [0, 0.05) is 33.6 Å². The average Bonchev–Trinajstić information content (AvgIpc) is 3.28. The second-order valence-electron chi connectivity index (χ2n) is 7.96. The molecule has 2 aliphatic heterocycles. The molecule has 2 saturated heterocycles. The van der Waals surface area contributed by atoms with E-state index in [0.29, 0.717) is 37.6 Å². The van der Waals surface area contributed by atoms with Crippen molar-refractivity contribution in [3.05, 3.63) is 24.0 Å². The first-order valence-corrected chi connectivity index (χ1v) is 10.4. The summed E-state index contributed by atoms with van der Waals surface area (Å²) in [6.07, 6.45) is -1.78. The molecule has 0 spiro atoms. The van der Waals surface area contributed by atoms with E-state index in [-0.39, 0.29) is 24.3 Å². The number of halogens is 1. The number of benzene rings is 1. The molecule has 2 aliphatic rings. The topological polar surface area (TPSA) is 91.4 Å². The highest BCUT2D eigenvalue weighted by molar-refractivity contribution is 5.90. The largest absolute Gasteiger partial charge is 0.450 e. The Balaban J connectivity index is 1.65. The van der Waals surface area contributed by atoms with Gasteiger partial charge in [-0.2, -0.15) is 0 Å². The van der Waals surface area contributed by atoms with Crippen LogP contribution in [0.2, 0.25) is 0 Å². The first-order valence-electron chi connectivity index (χ1n) is 10.4. The summed E-state index contributed by atoms with van der Waals surface area (Å²) in [5, 5.41) is 2.75. The lowest BCUT2D eigenvalue weighted by Gasteiger charge is -2.22. The minimum Gasteiger partial charge on any atom is -0.450 e. The SMILES string of the molecule is CCOC(=O)NC[C@@H]1CN(c2ccc(N3CC(N(C)C(C)=O)OC3=O)cc2F)C[C@@H]1C. The van der Waals surface area contributed by atoms with E-state index in [4.69, 9.17) is 9.47 Å². The zero-order valence-electron chi connectivity index (χ0n) is 18.3. The molecule has 3 amide bonds. The van der Waals surface area contributed by atoms with Gasteiger partial charge in [-0.3, -0.25) is 9.69 Å². The standard InChI is InChI=1S/C21H29FN4O5/c1-5-30-20(28)23-9-15-11-25(10-13(15)2)18-7-6-16(8-17(18)22)26-12-19(31-21(26)29)24(4)14(3)27/h6-8,13,15,19H,5,9-12H2,1-4H3,(H,23,28)/t13-,15+,19?/m0/s1. The van der Waals surface area contributed by atoms with Crippen molar-refractivity contribution in [2.24, 2.45) is 11.8 Å². The van der Waals surface area contributed by atoms with Gasteiger partial charge in [-0.25, -0.2) is 14.0 Å². The fourth-order valence-electron chi connectivity index (χ4n) is 3.88. The van der Waals surface area contributed by atoms with E-state index in [1.807, 2.05) is 4.90 Å². The maximum atomic E-state index is 15.0. The first kappa shape index (κ1) is 22.6. The third-order valence-corrected chi connectivity index (χ3v) is 5.86. The van der Waals surface area contributed by atoms with Gasteiger partial charge in [0.1, 0.15) is 5.82 Å². The Morgan fingerprint density at radius 1 is 1.32 bits per heavy atom. The summed E-state index contributed by atoms with van der Waals surface area (Å²) < 4.78 is 25.1. The molecule has 9 nitrogen and oxygen atoms in total. The fourth-order valence-corrected chi connectivity index (χ4v) is 3.88. The molecule has 31 heavy (non-hydrogen) atoms. The van der Waals surface area contributed by atoms with E-state index in [9.17, 15) is 18.8 Å². The number of likely N-dealkylation sites (N-methyl/N-ethyl adjacent to an activating group) is 1. The molecule has 2 heterocycles. The van der Waals surface area contributed by atoms with E-state index < -0.39 is 24.2 Å². The third kappa shape index (κ3) is 5.00. The van der Waals surface area contributed by atoms with Crippen molar-refractivity contribution < 1.29 is 28.2 Å². The molecule has 0 saturated carbocycles. The molecule has 0 aromatic heterocycles. The predicted octanol–water partition coefficient (Wildman–Crippen LogP) is 2.41. The van der Waals surface area contributed by atoms with E-state index >= 15 is 0 Å².